The number of para-hydroxylation sites is 4. The maximum Gasteiger partial charge on any atom is 0.189 e. The summed E-state index contributed by atoms with van der Waals surface area (Å²) in [6, 6.07) is 56.7. The molecule has 0 fully saturated rings. The normalized spacial score (nSPS) is 11.3. The first kappa shape index (κ1) is 27.4. The molecule has 0 amide bonds. The van der Waals surface area contributed by atoms with Gasteiger partial charge in [0.2, 0.25) is 0 Å². The first-order valence-corrected chi connectivity index (χ1v) is 15.9. The molecule has 0 radical (unpaired) electrons. The molecule has 4 heteroatoms. The van der Waals surface area contributed by atoms with Crippen LogP contribution in [0.4, 0.5) is 5.69 Å². The van der Waals surface area contributed by atoms with Crippen molar-refractivity contribution in [1.82, 2.24) is 9.13 Å². The standard InChI is InChI=1S/C44H26N4/c1-46-31-23-26-37-35-14-2-6-17-39(35)47(43(37)27-31)32-24-21-29(22-25-32)44-30(28-45)11-10-16-38(44)36-15-5-9-20-42(36)48-40-18-7-3-12-33(40)34-13-4-8-19-41(34)48/h2-27H. The number of aromatic nitrogens is 2. The van der Waals surface area contributed by atoms with Crippen molar-refractivity contribution in [2.24, 2.45) is 0 Å². The topological polar surface area (TPSA) is 38.0 Å². The van der Waals surface area contributed by atoms with E-state index in [4.69, 9.17) is 6.57 Å². The van der Waals surface area contributed by atoms with Gasteiger partial charge in [0, 0.05) is 43.9 Å². The lowest BCUT2D eigenvalue weighted by Crippen LogP contribution is -1.99. The van der Waals surface area contributed by atoms with Crippen molar-refractivity contribution < 1.29 is 0 Å². The van der Waals surface area contributed by atoms with Crippen LogP contribution < -0.4 is 0 Å². The minimum atomic E-state index is 0.609. The Morgan fingerprint density at radius 2 is 1.06 bits per heavy atom. The first-order chi connectivity index (χ1) is 23.7. The highest BCUT2D eigenvalue weighted by Crippen LogP contribution is 2.41. The van der Waals surface area contributed by atoms with E-state index in [1.54, 1.807) is 0 Å². The molecular weight excluding hydrogens is 585 g/mol. The van der Waals surface area contributed by atoms with E-state index in [2.05, 4.69) is 141 Å². The zero-order valence-corrected chi connectivity index (χ0v) is 25.8. The molecule has 222 valence electrons. The Kier molecular flexibility index (Phi) is 6.22. The monoisotopic (exact) mass is 610 g/mol. The number of nitriles is 1. The van der Waals surface area contributed by atoms with Crippen LogP contribution in [0.1, 0.15) is 5.56 Å². The molecule has 0 aliphatic carbocycles. The second kappa shape index (κ2) is 10.9. The zero-order valence-electron chi connectivity index (χ0n) is 25.8. The van der Waals surface area contributed by atoms with E-state index >= 15 is 0 Å². The quantitative estimate of drug-likeness (QED) is 0.183. The molecule has 2 heterocycles. The largest absolute Gasteiger partial charge is 0.311 e. The number of nitrogens with zero attached hydrogens (tertiary/aromatic N) is 4. The highest BCUT2D eigenvalue weighted by atomic mass is 15.0. The molecule has 0 atom stereocenters. The lowest BCUT2D eigenvalue weighted by atomic mass is 9.90. The van der Waals surface area contributed by atoms with Crippen LogP contribution in [0.3, 0.4) is 0 Å². The molecule has 0 spiro atoms. The average molecular weight is 611 g/mol. The molecular formula is C44H26N4. The van der Waals surface area contributed by atoms with E-state index in [9.17, 15) is 5.26 Å². The Morgan fingerprint density at radius 3 is 1.71 bits per heavy atom. The predicted molar refractivity (Wildman–Crippen MR) is 197 cm³/mol. The summed E-state index contributed by atoms with van der Waals surface area (Å²) in [6.45, 7) is 7.61. The van der Waals surface area contributed by atoms with Crippen LogP contribution in [0.2, 0.25) is 0 Å². The summed E-state index contributed by atoms with van der Waals surface area (Å²) in [5.74, 6) is 0. The Morgan fingerprint density at radius 1 is 0.500 bits per heavy atom. The number of rotatable bonds is 4. The molecule has 0 N–H and O–H groups in total. The van der Waals surface area contributed by atoms with Gasteiger partial charge < -0.3 is 9.13 Å². The van der Waals surface area contributed by atoms with Crippen molar-refractivity contribution in [3.8, 4) is 39.7 Å². The van der Waals surface area contributed by atoms with E-state index in [-0.39, 0.29) is 0 Å². The van der Waals surface area contributed by atoms with Gasteiger partial charge in [-0.2, -0.15) is 5.26 Å². The lowest BCUT2D eigenvalue weighted by Gasteiger charge is -2.18. The molecule has 2 aromatic heterocycles. The van der Waals surface area contributed by atoms with Crippen molar-refractivity contribution in [3.63, 3.8) is 0 Å². The second-order valence-corrected chi connectivity index (χ2v) is 11.9. The molecule has 0 saturated heterocycles. The van der Waals surface area contributed by atoms with E-state index in [0.717, 1.165) is 66.5 Å². The van der Waals surface area contributed by atoms with Gasteiger partial charge in [0.15, 0.2) is 5.69 Å². The predicted octanol–water partition coefficient (Wildman–Crippen LogP) is 11.6. The Hall–Kier alpha value is -6.88. The van der Waals surface area contributed by atoms with Gasteiger partial charge in [-0.25, -0.2) is 4.85 Å². The third-order valence-corrected chi connectivity index (χ3v) is 9.40. The van der Waals surface area contributed by atoms with Gasteiger partial charge in [-0.1, -0.05) is 109 Å². The molecule has 0 aliphatic rings. The molecule has 7 aromatic carbocycles. The third kappa shape index (κ3) is 4.07. The van der Waals surface area contributed by atoms with Crippen molar-refractivity contribution in [1.29, 1.82) is 5.26 Å². The van der Waals surface area contributed by atoms with E-state index < -0.39 is 0 Å². The Bertz CT molecular complexity index is 2750. The maximum absolute atomic E-state index is 10.4. The van der Waals surface area contributed by atoms with Gasteiger partial charge in [0.25, 0.3) is 0 Å². The van der Waals surface area contributed by atoms with Crippen molar-refractivity contribution >= 4 is 49.3 Å². The van der Waals surface area contributed by atoms with Crippen LogP contribution in [0.25, 0.3) is 82.1 Å². The molecule has 0 aliphatic heterocycles. The van der Waals surface area contributed by atoms with Gasteiger partial charge >= 0.3 is 0 Å². The summed E-state index contributed by atoms with van der Waals surface area (Å²) in [6.07, 6.45) is 0. The Balaban J connectivity index is 1.25. The van der Waals surface area contributed by atoms with Crippen LogP contribution in [-0.2, 0) is 0 Å². The van der Waals surface area contributed by atoms with Gasteiger partial charge in [-0.15, -0.1) is 0 Å². The maximum atomic E-state index is 10.4. The SMILES string of the molecule is [C-]#[N+]c1ccc2c3ccccc3n(-c3ccc(-c4c(C#N)cccc4-c4ccccc4-n4c5ccccc5c5ccccc54)cc3)c2c1. The van der Waals surface area contributed by atoms with E-state index in [1.165, 1.54) is 10.8 Å². The smallest absolute Gasteiger partial charge is 0.189 e. The van der Waals surface area contributed by atoms with Crippen molar-refractivity contribution in [2.75, 3.05) is 0 Å². The van der Waals surface area contributed by atoms with Crippen LogP contribution in [-0.4, -0.2) is 9.13 Å². The summed E-state index contributed by atoms with van der Waals surface area (Å²) in [4.78, 5) is 3.70. The van der Waals surface area contributed by atoms with Crippen LogP contribution in [0, 0.1) is 17.9 Å². The summed E-state index contributed by atoms with van der Waals surface area (Å²) < 4.78 is 4.56. The van der Waals surface area contributed by atoms with Crippen LogP contribution in [0.15, 0.2) is 158 Å². The molecule has 0 unspecified atom stereocenters. The minimum Gasteiger partial charge on any atom is -0.311 e. The fraction of sp³-hybridized carbons (Fsp3) is 0. The average Bonchev–Trinajstić information content (AvgIpc) is 3.67. The van der Waals surface area contributed by atoms with Gasteiger partial charge in [-0.05, 0) is 59.7 Å². The van der Waals surface area contributed by atoms with Crippen LogP contribution in [0.5, 0.6) is 0 Å². The highest BCUT2D eigenvalue weighted by Gasteiger charge is 2.19. The summed E-state index contributed by atoms with van der Waals surface area (Å²) in [5, 5.41) is 15.1. The van der Waals surface area contributed by atoms with Gasteiger partial charge in [-0.3, -0.25) is 0 Å². The number of hydrogen-bond acceptors (Lipinski definition) is 1. The zero-order chi connectivity index (χ0) is 32.2. The summed E-state index contributed by atoms with van der Waals surface area (Å²) in [7, 11) is 0. The number of fused-ring (bicyclic) bond motifs is 6. The minimum absolute atomic E-state index is 0.609. The Labute approximate surface area is 277 Å². The van der Waals surface area contributed by atoms with E-state index in [0.29, 0.717) is 11.3 Å². The van der Waals surface area contributed by atoms with E-state index in [1.807, 2.05) is 36.4 Å². The summed E-state index contributed by atoms with van der Waals surface area (Å²) in [5.41, 5.74) is 11.6. The fourth-order valence-corrected chi connectivity index (χ4v) is 7.34. The molecule has 9 aromatic rings. The molecule has 48 heavy (non-hydrogen) atoms. The lowest BCUT2D eigenvalue weighted by molar-refractivity contribution is 1.18. The molecule has 9 rings (SSSR count). The fourth-order valence-electron chi connectivity index (χ4n) is 7.34. The van der Waals surface area contributed by atoms with Crippen molar-refractivity contribution in [3.05, 3.63) is 175 Å². The molecule has 4 nitrogen and oxygen atoms in total. The number of hydrogen-bond donors (Lipinski definition) is 0. The van der Waals surface area contributed by atoms with Crippen LogP contribution >= 0.6 is 0 Å². The van der Waals surface area contributed by atoms with Gasteiger partial charge in [0.05, 0.1) is 40.4 Å². The molecule has 0 saturated carbocycles. The number of benzene rings is 7. The second-order valence-electron chi connectivity index (χ2n) is 11.9. The first-order valence-electron chi connectivity index (χ1n) is 15.9. The van der Waals surface area contributed by atoms with Crippen molar-refractivity contribution in [2.45, 2.75) is 0 Å². The van der Waals surface area contributed by atoms with Gasteiger partial charge in [0.1, 0.15) is 0 Å². The highest BCUT2D eigenvalue weighted by molar-refractivity contribution is 6.11. The summed E-state index contributed by atoms with van der Waals surface area (Å²) >= 11 is 0. The third-order valence-electron chi connectivity index (χ3n) is 9.40. The molecule has 0 bridgehead atoms.